The van der Waals surface area contributed by atoms with E-state index in [0.29, 0.717) is 0 Å². The molecule has 1 heterocycles. The van der Waals surface area contributed by atoms with Crippen LogP contribution < -0.4 is 10.6 Å². The number of nitrogens with zero attached hydrogens (tertiary/aromatic N) is 2. The number of benzene rings is 1. The van der Waals surface area contributed by atoms with E-state index in [2.05, 4.69) is 17.6 Å². The number of nitrogens with one attached hydrogen (secondary N) is 2. The highest BCUT2D eigenvalue weighted by Gasteiger charge is 2.28. The molecule has 1 aliphatic rings. The summed E-state index contributed by atoms with van der Waals surface area (Å²) in [5, 5.41) is 26.2. The maximum absolute atomic E-state index is 10.7. The standard InChI is InChI=1S/C12H14N4O2/c1-12(4-5-14-8-12)15-10-2-3-11(16(17)18)9(6-10)7-13/h2-3,6,14-15H,4-5,8H2,1H3. The Kier molecular flexibility index (Phi) is 3.17. The summed E-state index contributed by atoms with van der Waals surface area (Å²) in [6.07, 6.45) is 0.978. The normalized spacial score (nSPS) is 22.4. The lowest BCUT2D eigenvalue weighted by molar-refractivity contribution is -0.385. The van der Waals surface area contributed by atoms with Crippen molar-refractivity contribution in [2.45, 2.75) is 18.9 Å². The summed E-state index contributed by atoms with van der Waals surface area (Å²) >= 11 is 0. The molecular weight excluding hydrogens is 232 g/mol. The van der Waals surface area contributed by atoms with E-state index in [4.69, 9.17) is 5.26 Å². The van der Waals surface area contributed by atoms with E-state index < -0.39 is 4.92 Å². The lowest BCUT2D eigenvalue weighted by atomic mass is 10.0. The van der Waals surface area contributed by atoms with Gasteiger partial charge in [-0.2, -0.15) is 5.26 Å². The Labute approximate surface area is 105 Å². The second kappa shape index (κ2) is 4.63. The SMILES string of the molecule is CC1(Nc2ccc([N+](=O)[O-])c(C#N)c2)CCNC1. The second-order valence-electron chi connectivity index (χ2n) is 4.71. The number of hydrogen-bond acceptors (Lipinski definition) is 5. The molecule has 18 heavy (non-hydrogen) atoms. The van der Waals surface area contributed by atoms with Crippen molar-refractivity contribution < 1.29 is 4.92 Å². The van der Waals surface area contributed by atoms with Gasteiger partial charge in [0.2, 0.25) is 0 Å². The molecule has 1 fully saturated rings. The van der Waals surface area contributed by atoms with Gasteiger partial charge in [0.15, 0.2) is 0 Å². The minimum atomic E-state index is -0.541. The fraction of sp³-hybridized carbons (Fsp3) is 0.417. The summed E-state index contributed by atoms with van der Waals surface area (Å²) in [5.41, 5.74) is 0.601. The van der Waals surface area contributed by atoms with E-state index in [-0.39, 0.29) is 16.8 Å². The van der Waals surface area contributed by atoms with Crippen LogP contribution in [-0.2, 0) is 0 Å². The summed E-state index contributed by atoms with van der Waals surface area (Å²) in [6.45, 7) is 3.87. The first-order valence-corrected chi connectivity index (χ1v) is 5.71. The number of nitriles is 1. The van der Waals surface area contributed by atoms with E-state index in [0.717, 1.165) is 25.2 Å². The van der Waals surface area contributed by atoms with Crippen LogP contribution in [0.15, 0.2) is 18.2 Å². The quantitative estimate of drug-likeness (QED) is 0.624. The van der Waals surface area contributed by atoms with Crippen molar-refractivity contribution in [1.82, 2.24) is 5.32 Å². The van der Waals surface area contributed by atoms with E-state index in [1.807, 2.05) is 6.07 Å². The molecule has 1 unspecified atom stereocenters. The monoisotopic (exact) mass is 246 g/mol. The van der Waals surface area contributed by atoms with Gasteiger partial charge in [-0.1, -0.05) is 0 Å². The van der Waals surface area contributed by atoms with Gasteiger partial charge in [0.25, 0.3) is 5.69 Å². The number of anilines is 1. The molecule has 0 radical (unpaired) electrons. The van der Waals surface area contributed by atoms with E-state index >= 15 is 0 Å². The van der Waals surface area contributed by atoms with Crippen molar-refractivity contribution in [2.24, 2.45) is 0 Å². The summed E-state index contributed by atoms with van der Waals surface area (Å²) in [4.78, 5) is 10.2. The van der Waals surface area contributed by atoms with Crippen molar-refractivity contribution in [3.05, 3.63) is 33.9 Å². The number of nitro groups is 1. The Morgan fingerprint density at radius 3 is 2.94 bits per heavy atom. The van der Waals surface area contributed by atoms with Crippen molar-refractivity contribution in [1.29, 1.82) is 5.26 Å². The van der Waals surface area contributed by atoms with Crippen LogP contribution in [0.1, 0.15) is 18.9 Å². The van der Waals surface area contributed by atoms with Crippen LogP contribution in [0.2, 0.25) is 0 Å². The molecule has 2 rings (SSSR count). The van der Waals surface area contributed by atoms with Gasteiger partial charge in [-0.15, -0.1) is 0 Å². The summed E-state index contributed by atoms with van der Waals surface area (Å²) < 4.78 is 0. The number of hydrogen-bond donors (Lipinski definition) is 2. The third-order valence-corrected chi connectivity index (χ3v) is 3.13. The zero-order chi connectivity index (χ0) is 13.2. The summed E-state index contributed by atoms with van der Waals surface area (Å²) in [5.74, 6) is 0. The summed E-state index contributed by atoms with van der Waals surface area (Å²) in [7, 11) is 0. The Morgan fingerprint density at radius 2 is 2.39 bits per heavy atom. The molecule has 2 N–H and O–H groups in total. The van der Waals surface area contributed by atoms with Gasteiger partial charge >= 0.3 is 0 Å². The zero-order valence-electron chi connectivity index (χ0n) is 10.1. The van der Waals surface area contributed by atoms with E-state index in [1.165, 1.54) is 12.1 Å². The van der Waals surface area contributed by atoms with Crippen molar-refractivity contribution in [3.63, 3.8) is 0 Å². The van der Waals surface area contributed by atoms with Crippen molar-refractivity contribution in [2.75, 3.05) is 18.4 Å². The minimum absolute atomic E-state index is 0.0666. The van der Waals surface area contributed by atoms with Crippen LogP contribution in [0, 0.1) is 21.4 Å². The zero-order valence-corrected chi connectivity index (χ0v) is 10.1. The number of rotatable bonds is 3. The van der Waals surface area contributed by atoms with Crippen molar-refractivity contribution >= 4 is 11.4 Å². The molecular formula is C12H14N4O2. The van der Waals surface area contributed by atoms with Gasteiger partial charge in [-0.25, -0.2) is 0 Å². The van der Waals surface area contributed by atoms with Gasteiger partial charge < -0.3 is 10.6 Å². The molecule has 0 bridgehead atoms. The first-order valence-electron chi connectivity index (χ1n) is 5.71. The first-order chi connectivity index (χ1) is 8.54. The van der Waals surface area contributed by atoms with E-state index in [9.17, 15) is 10.1 Å². The van der Waals surface area contributed by atoms with Crippen LogP contribution in [0.4, 0.5) is 11.4 Å². The number of nitro benzene ring substituents is 1. The Balaban J connectivity index is 2.25. The minimum Gasteiger partial charge on any atom is -0.379 e. The molecule has 1 aromatic carbocycles. The summed E-state index contributed by atoms with van der Waals surface area (Å²) in [6, 6.07) is 6.40. The van der Waals surface area contributed by atoms with Gasteiger partial charge in [-0.05, 0) is 32.0 Å². The highest BCUT2D eigenvalue weighted by atomic mass is 16.6. The topological polar surface area (TPSA) is 91.0 Å². The van der Waals surface area contributed by atoms with Gasteiger partial charge in [-0.3, -0.25) is 10.1 Å². The van der Waals surface area contributed by atoms with Crippen LogP contribution >= 0.6 is 0 Å². The van der Waals surface area contributed by atoms with Crippen LogP contribution in [-0.4, -0.2) is 23.6 Å². The van der Waals surface area contributed by atoms with Crippen LogP contribution in [0.25, 0.3) is 0 Å². The highest BCUT2D eigenvalue weighted by Crippen LogP contribution is 2.26. The predicted molar refractivity (Wildman–Crippen MR) is 67.3 cm³/mol. The third kappa shape index (κ3) is 2.41. The largest absolute Gasteiger partial charge is 0.379 e. The molecule has 1 aromatic rings. The Morgan fingerprint density at radius 1 is 1.61 bits per heavy atom. The maximum atomic E-state index is 10.7. The van der Waals surface area contributed by atoms with Gasteiger partial charge in [0.1, 0.15) is 11.6 Å². The smallest absolute Gasteiger partial charge is 0.287 e. The maximum Gasteiger partial charge on any atom is 0.287 e. The molecule has 0 spiro atoms. The molecule has 6 nitrogen and oxygen atoms in total. The third-order valence-electron chi connectivity index (χ3n) is 3.13. The van der Waals surface area contributed by atoms with Gasteiger partial charge in [0.05, 0.1) is 4.92 Å². The Bertz CT molecular complexity index is 515. The fourth-order valence-corrected chi connectivity index (χ4v) is 2.13. The molecule has 0 aromatic heterocycles. The molecule has 1 aliphatic heterocycles. The molecule has 0 saturated carbocycles. The van der Waals surface area contributed by atoms with Crippen LogP contribution in [0.5, 0.6) is 0 Å². The lowest BCUT2D eigenvalue weighted by Crippen LogP contribution is -2.36. The Hall–Kier alpha value is -2.13. The average Bonchev–Trinajstić information content (AvgIpc) is 2.75. The fourth-order valence-electron chi connectivity index (χ4n) is 2.13. The molecule has 6 heteroatoms. The van der Waals surface area contributed by atoms with Gasteiger partial charge in [0, 0.05) is 23.8 Å². The predicted octanol–water partition coefficient (Wildman–Crippen LogP) is 1.63. The molecule has 1 atom stereocenters. The van der Waals surface area contributed by atoms with Crippen molar-refractivity contribution in [3.8, 4) is 6.07 Å². The molecule has 1 saturated heterocycles. The second-order valence-corrected chi connectivity index (χ2v) is 4.71. The van der Waals surface area contributed by atoms with E-state index in [1.54, 1.807) is 6.07 Å². The highest BCUT2D eigenvalue weighted by molar-refractivity contribution is 5.59. The average molecular weight is 246 g/mol. The lowest BCUT2D eigenvalue weighted by Gasteiger charge is -2.25. The van der Waals surface area contributed by atoms with Crippen LogP contribution in [0.3, 0.4) is 0 Å². The molecule has 94 valence electrons. The first kappa shape index (κ1) is 12.3. The molecule has 0 amide bonds. The molecule has 0 aliphatic carbocycles.